The van der Waals surface area contributed by atoms with Crippen LogP contribution >= 0.6 is 0 Å². The first-order valence-electron chi connectivity index (χ1n) is 8.93. The van der Waals surface area contributed by atoms with Gasteiger partial charge in [0, 0.05) is 6.42 Å². The second-order valence-corrected chi connectivity index (χ2v) is 6.37. The number of esters is 1. The van der Waals surface area contributed by atoms with Crippen LogP contribution in [-0.2, 0) is 9.53 Å². The third kappa shape index (κ3) is 9.07. The van der Waals surface area contributed by atoms with Crippen molar-refractivity contribution in [2.45, 2.75) is 95.6 Å². The first-order valence-corrected chi connectivity index (χ1v) is 8.93. The average molecular weight is 396 g/mol. The molecule has 0 saturated carbocycles. The molecule has 0 fully saturated rings. The van der Waals surface area contributed by atoms with Crippen molar-refractivity contribution in [2.75, 3.05) is 6.61 Å². The molecule has 0 heterocycles. The number of unbranched alkanes of at least 4 members (excludes halogenated alkanes) is 9. The molecule has 0 aromatic rings. The minimum Gasteiger partial charge on any atom is -0.459 e. The van der Waals surface area contributed by atoms with Crippen LogP contribution in [0, 0.1) is 0 Å². The minimum atomic E-state index is -6.42. The first kappa shape index (κ1) is 25.0. The Balaban J connectivity index is 3.84. The van der Waals surface area contributed by atoms with Crippen molar-refractivity contribution in [3.63, 3.8) is 0 Å². The van der Waals surface area contributed by atoms with Crippen molar-refractivity contribution in [1.82, 2.24) is 0 Å². The van der Waals surface area contributed by atoms with Crippen LogP contribution in [0.15, 0.2) is 0 Å². The molecule has 9 heteroatoms. The highest BCUT2D eigenvalue weighted by Crippen LogP contribution is 2.46. The fourth-order valence-electron chi connectivity index (χ4n) is 2.30. The molecule has 26 heavy (non-hydrogen) atoms. The van der Waals surface area contributed by atoms with Gasteiger partial charge in [-0.3, -0.25) is 4.79 Å². The van der Waals surface area contributed by atoms with Crippen molar-refractivity contribution in [3.05, 3.63) is 0 Å². The van der Waals surface area contributed by atoms with Crippen molar-refractivity contribution in [3.8, 4) is 0 Å². The smallest absolute Gasteiger partial charge is 0.459 e. The molecule has 0 N–H and O–H groups in total. The Kier molecular flexibility index (Phi) is 11.2. The maximum Gasteiger partial charge on any atom is 0.460 e. The first-order chi connectivity index (χ1) is 12.0. The third-order valence-corrected chi connectivity index (χ3v) is 3.96. The van der Waals surface area contributed by atoms with Gasteiger partial charge in [-0.2, -0.15) is 30.7 Å². The van der Waals surface area contributed by atoms with E-state index in [1.54, 1.807) is 0 Å². The molecule has 2 nitrogen and oxygen atoms in total. The van der Waals surface area contributed by atoms with E-state index in [1.807, 2.05) is 0 Å². The number of carbonyl (C=O) groups excluding carboxylic acids is 1. The van der Waals surface area contributed by atoms with Crippen LogP contribution in [0.25, 0.3) is 0 Å². The van der Waals surface area contributed by atoms with E-state index in [1.165, 1.54) is 25.7 Å². The van der Waals surface area contributed by atoms with E-state index in [-0.39, 0.29) is 6.42 Å². The van der Waals surface area contributed by atoms with Crippen LogP contribution < -0.4 is 0 Å². The summed E-state index contributed by atoms with van der Waals surface area (Å²) < 4.78 is 90.8. The molecular weight excluding hydrogens is 369 g/mol. The molecule has 0 unspecified atom stereocenters. The summed E-state index contributed by atoms with van der Waals surface area (Å²) in [4.78, 5) is 11.2. The van der Waals surface area contributed by atoms with Gasteiger partial charge >= 0.3 is 24.0 Å². The van der Waals surface area contributed by atoms with E-state index in [0.29, 0.717) is 12.8 Å². The average Bonchev–Trinajstić information content (AvgIpc) is 2.53. The summed E-state index contributed by atoms with van der Waals surface area (Å²) in [5, 5.41) is 0. The second-order valence-electron chi connectivity index (χ2n) is 6.37. The highest BCUT2D eigenvalue weighted by Gasteiger charge is 2.73. The zero-order valence-corrected chi connectivity index (χ0v) is 14.9. The Labute approximate surface area is 149 Å². The Morgan fingerprint density at radius 2 is 1.15 bits per heavy atom. The molecule has 0 aliphatic carbocycles. The lowest BCUT2D eigenvalue weighted by atomic mass is 10.1. The van der Waals surface area contributed by atoms with Gasteiger partial charge in [-0.1, -0.05) is 64.7 Å². The van der Waals surface area contributed by atoms with Crippen LogP contribution in [0.2, 0.25) is 0 Å². The van der Waals surface area contributed by atoms with Crippen molar-refractivity contribution >= 4 is 5.97 Å². The highest BCUT2D eigenvalue weighted by molar-refractivity contribution is 5.69. The molecule has 0 radical (unpaired) electrons. The maximum absolute atomic E-state index is 12.9. The fourth-order valence-corrected chi connectivity index (χ4v) is 2.30. The predicted octanol–water partition coefficient (Wildman–Crippen LogP) is 6.67. The van der Waals surface area contributed by atoms with Crippen LogP contribution in [0.5, 0.6) is 0 Å². The van der Waals surface area contributed by atoms with Crippen molar-refractivity contribution in [1.29, 1.82) is 0 Å². The van der Waals surface area contributed by atoms with Crippen molar-refractivity contribution in [2.24, 2.45) is 0 Å². The Morgan fingerprint density at radius 3 is 1.58 bits per heavy atom. The quantitative estimate of drug-likeness (QED) is 0.186. The highest BCUT2D eigenvalue weighted by atomic mass is 19.4. The van der Waals surface area contributed by atoms with Gasteiger partial charge in [0.15, 0.2) is 6.61 Å². The zero-order chi connectivity index (χ0) is 20.3. The van der Waals surface area contributed by atoms with Crippen LogP contribution in [-0.4, -0.2) is 30.6 Å². The van der Waals surface area contributed by atoms with E-state index in [4.69, 9.17) is 0 Å². The van der Waals surface area contributed by atoms with Gasteiger partial charge < -0.3 is 4.74 Å². The molecule has 0 atom stereocenters. The topological polar surface area (TPSA) is 26.3 Å². The summed E-state index contributed by atoms with van der Waals surface area (Å²) in [7, 11) is 0. The van der Waals surface area contributed by atoms with Gasteiger partial charge in [0.25, 0.3) is 0 Å². The number of hydrogen-bond donors (Lipinski definition) is 0. The summed E-state index contributed by atoms with van der Waals surface area (Å²) in [5.74, 6) is -13.0. The van der Waals surface area contributed by atoms with Crippen LogP contribution in [0.4, 0.5) is 30.7 Å². The number of hydrogen-bond acceptors (Lipinski definition) is 2. The van der Waals surface area contributed by atoms with Crippen LogP contribution in [0.1, 0.15) is 77.6 Å². The van der Waals surface area contributed by atoms with E-state index in [0.717, 1.165) is 25.7 Å². The van der Waals surface area contributed by atoms with E-state index in [2.05, 4.69) is 11.7 Å². The zero-order valence-electron chi connectivity index (χ0n) is 14.9. The van der Waals surface area contributed by atoms with Gasteiger partial charge in [-0.25, -0.2) is 0 Å². The minimum absolute atomic E-state index is 0.288. The van der Waals surface area contributed by atoms with Gasteiger partial charge in [0.05, 0.1) is 0 Å². The SMILES string of the molecule is CCCCCCCCCCCCC(=O)OCC(F)(F)C(F)(F)C(F)(F)F. The second kappa shape index (κ2) is 11.6. The number of carbonyl (C=O) groups is 1. The van der Waals surface area contributed by atoms with E-state index in [9.17, 15) is 35.5 Å². The molecule has 0 spiro atoms. The van der Waals surface area contributed by atoms with Gasteiger partial charge in [-0.05, 0) is 6.42 Å². The molecule has 0 rings (SSSR count). The van der Waals surface area contributed by atoms with Gasteiger partial charge in [0.1, 0.15) is 0 Å². The number of ether oxygens (including phenoxy) is 1. The maximum atomic E-state index is 12.9. The van der Waals surface area contributed by atoms with E-state index < -0.39 is 30.6 Å². The lowest BCUT2D eigenvalue weighted by molar-refractivity contribution is -0.359. The fraction of sp³-hybridized carbons (Fsp3) is 0.941. The molecule has 0 aliphatic rings. The van der Waals surface area contributed by atoms with Crippen LogP contribution in [0.3, 0.4) is 0 Å². The molecule has 0 aliphatic heterocycles. The number of alkyl halides is 7. The summed E-state index contributed by atoms with van der Waals surface area (Å²) in [6, 6.07) is 0. The van der Waals surface area contributed by atoms with Crippen molar-refractivity contribution < 1.29 is 40.3 Å². The molecule has 0 amide bonds. The monoisotopic (exact) mass is 396 g/mol. The normalized spacial score (nSPS) is 13.1. The summed E-state index contributed by atoms with van der Waals surface area (Å²) in [6.07, 6.45) is 3.03. The summed E-state index contributed by atoms with van der Waals surface area (Å²) >= 11 is 0. The molecule has 0 aromatic carbocycles. The Morgan fingerprint density at radius 1 is 0.731 bits per heavy atom. The lowest BCUT2D eigenvalue weighted by Gasteiger charge is -2.27. The molecule has 156 valence electrons. The van der Waals surface area contributed by atoms with Gasteiger partial charge in [0.2, 0.25) is 0 Å². The van der Waals surface area contributed by atoms with Gasteiger partial charge in [-0.15, -0.1) is 0 Å². The summed E-state index contributed by atoms with van der Waals surface area (Å²) in [6.45, 7) is -0.163. The molecule has 0 bridgehead atoms. The predicted molar refractivity (Wildman–Crippen MR) is 83.4 cm³/mol. The molecular formula is C17H27F7O2. The summed E-state index contributed by atoms with van der Waals surface area (Å²) in [5.41, 5.74) is 0. The standard InChI is InChI=1S/C17H27F7O2/c1-2-3-4-5-6-7-8-9-10-11-12-14(25)26-13-15(18,19)16(20,21)17(22,23)24/h2-13H2,1H3. The number of rotatable bonds is 14. The molecule has 0 saturated heterocycles. The van der Waals surface area contributed by atoms with E-state index >= 15 is 0 Å². The third-order valence-electron chi connectivity index (χ3n) is 3.96. The Hall–Kier alpha value is -1.02. The lowest BCUT2D eigenvalue weighted by Crippen LogP contribution is -2.54. The number of halogens is 7. The molecule has 0 aromatic heterocycles. The Bertz CT molecular complexity index is 395. The largest absolute Gasteiger partial charge is 0.460 e.